The highest BCUT2D eigenvalue weighted by Crippen LogP contribution is 2.24. The minimum Gasteiger partial charge on any atom is -0.496 e. The van der Waals surface area contributed by atoms with Crippen LogP contribution in [0, 0.1) is 6.92 Å². The molecule has 1 saturated heterocycles. The van der Waals surface area contributed by atoms with Crippen LogP contribution in [0.4, 0.5) is 0 Å². The molecule has 1 aromatic carbocycles. The van der Waals surface area contributed by atoms with E-state index in [9.17, 15) is 0 Å². The predicted molar refractivity (Wildman–Crippen MR) is 63.9 cm³/mol. The molecule has 0 aliphatic carbocycles. The van der Waals surface area contributed by atoms with E-state index in [1.807, 2.05) is 6.07 Å². The molecule has 0 bridgehead atoms. The van der Waals surface area contributed by atoms with E-state index in [4.69, 9.17) is 9.47 Å². The minimum absolute atomic E-state index is 0.306. The highest BCUT2D eigenvalue weighted by atomic mass is 16.5. The summed E-state index contributed by atoms with van der Waals surface area (Å²) in [6.45, 7) is 5.81. The summed E-state index contributed by atoms with van der Waals surface area (Å²) >= 11 is 0. The molecular formula is C13H19NO2. The maximum absolute atomic E-state index is 5.65. The Bertz CT molecular complexity index is 357. The Labute approximate surface area is 96.8 Å². The first-order valence-electron chi connectivity index (χ1n) is 5.70. The van der Waals surface area contributed by atoms with Crippen LogP contribution in [0.25, 0.3) is 0 Å². The molecule has 88 valence electrons. The van der Waals surface area contributed by atoms with Gasteiger partial charge in [-0.05, 0) is 31.0 Å². The molecule has 0 spiro atoms. The average molecular weight is 221 g/mol. The zero-order valence-corrected chi connectivity index (χ0v) is 10.1. The SMILES string of the molecule is COc1ccc(C2COC(C)CN2)cc1C. The Morgan fingerprint density at radius 2 is 2.25 bits per heavy atom. The molecule has 0 saturated carbocycles. The summed E-state index contributed by atoms with van der Waals surface area (Å²) in [7, 11) is 1.70. The highest BCUT2D eigenvalue weighted by Gasteiger charge is 2.19. The predicted octanol–water partition coefficient (Wildman–Crippen LogP) is 2.05. The monoisotopic (exact) mass is 221 g/mol. The van der Waals surface area contributed by atoms with Crippen LogP contribution in [-0.4, -0.2) is 26.4 Å². The molecule has 1 fully saturated rings. The Kier molecular flexibility index (Phi) is 3.46. The van der Waals surface area contributed by atoms with Gasteiger partial charge >= 0.3 is 0 Å². The van der Waals surface area contributed by atoms with E-state index >= 15 is 0 Å². The molecule has 2 atom stereocenters. The lowest BCUT2D eigenvalue weighted by atomic mass is 10.0. The van der Waals surface area contributed by atoms with Crippen LogP contribution in [0.1, 0.15) is 24.1 Å². The first-order chi connectivity index (χ1) is 7.70. The third kappa shape index (κ3) is 2.36. The van der Waals surface area contributed by atoms with Crippen molar-refractivity contribution in [1.29, 1.82) is 0 Å². The van der Waals surface area contributed by atoms with Crippen LogP contribution in [0.15, 0.2) is 18.2 Å². The van der Waals surface area contributed by atoms with Crippen molar-refractivity contribution in [3.63, 3.8) is 0 Å². The van der Waals surface area contributed by atoms with Gasteiger partial charge in [0.15, 0.2) is 0 Å². The standard InChI is InChI=1S/C13H19NO2/c1-9-6-11(4-5-13(9)15-3)12-8-16-10(2)7-14-12/h4-6,10,12,14H,7-8H2,1-3H3. The fourth-order valence-corrected chi connectivity index (χ4v) is 2.02. The van der Waals surface area contributed by atoms with Gasteiger partial charge < -0.3 is 14.8 Å². The lowest BCUT2D eigenvalue weighted by Gasteiger charge is -2.29. The summed E-state index contributed by atoms with van der Waals surface area (Å²) in [4.78, 5) is 0. The van der Waals surface area contributed by atoms with E-state index in [1.165, 1.54) is 11.1 Å². The van der Waals surface area contributed by atoms with Crippen molar-refractivity contribution in [3.8, 4) is 5.75 Å². The zero-order chi connectivity index (χ0) is 11.5. The van der Waals surface area contributed by atoms with E-state index in [-0.39, 0.29) is 0 Å². The minimum atomic E-state index is 0.306. The van der Waals surface area contributed by atoms with Crippen molar-refractivity contribution in [2.45, 2.75) is 26.0 Å². The highest BCUT2D eigenvalue weighted by molar-refractivity contribution is 5.37. The second kappa shape index (κ2) is 4.85. The number of nitrogens with one attached hydrogen (secondary N) is 1. The summed E-state index contributed by atoms with van der Waals surface area (Å²) in [6.07, 6.45) is 0.315. The second-order valence-electron chi connectivity index (χ2n) is 4.33. The summed E-state index contributed by atoms with van der Waals surface area (Å²) in [5.74, 6) is 0.939. The number of rotatable bonds is 2. The largest absolute Gasteiger partial charge is 0.496 e. The topological polar surface area (TPSA) is 30.5 Å². The number of hydrogen-bond donors (Lipinski definition) is 1. The molecule has 0 aromatic heterocycles. The van der Waals surface area contributed by atoms with E-state index in [0.29, 0.717) is 12.1 Å². The summed E-state index contributed by atoms with van der Waals surface area (Å²) in [5, 5.41) is 3.48. The maximum atomic E-state index is 5.65. The lowest BCUT2D eigenvalue weighted by Crippen LogP contribution is -2.39. The molecule has 0 amide bonds. The van der Waals surface area contributed by atoms with Gasteiger partial charge in [0.05, 0.1) is 25.9 Å². The maximum Gasteiger partial charge on any atom is 0.121 e. The van der Waals surface area contributed by atoms with Gasteiger partial charge in [0.2, 0.25) is 0 Å². The van der Waals surface area contributed by atoms with Gasteiger partial charge in [-0.25, -0.2) is 0 Å². The van der Waals surface area contributed by atoms with Gasteiger partial charge in [0.25, 0.3) is 0 Å². The van der Waals surface area contributed by atoms with E-state index < -0.39 is 0 Å². The van der Waals surface area contributed by atoms with E-state index in [0.717, 1.165) is 18.9 Å². The van der Waals surface area contributed by atoms with Gasteiger partial charge in [-0.1, -0.05) is 12.1 Å². The van der Waals surface area contributed by atoms with Crippen LogP contribution in [0.5, 0.6) is 5.75 Å². The molecule has 16 heavy (non-hydrogen) atoms. The number of aryl methyl sites for hydroxylation is 1. The first-order valence-corrected chi connectivity index (χ1v) is 5.70. The normalized spacial score (nSPS) is 25.4. The van der Waals surface area contributed by atoms with Gasteiger partial charge in [0, 0.05) is 6.54 Å². The zero-order valence-electron chi connectivity index (χ0n) is 10.1. The lowest BCUT2D eigenvalue weighted by molar-refractivity contribution is 0.0149. The molecule has 1 aliphatic heterocycles. The number of morpholine rings is 1. The summed E-state index contributed by atoms with van der Waals surface area (Å²) < 4.78 is 10.9. The molecule has 1 aliphatic rings. The van der Waals surface area contributed by atoms with E-state index in [2.05, 4.69) is 31.3 Å². The van der Waals surface area contributed by atoms with Crippen LogP contribution >= 0.6 is 0 Å². The number of methoxy groups -OCH3 is 1. The number of hydrogen-bond acceptors (Lipinski definition) is 3. The van der Waals surface area contributed by atoms with Gasteiger partial charge in [-0.3, -0.25) is 0 Å². The Morgan fingerprint density at radius 1 is 1.44 bits per heavy atom. The smallest absolute Gasteiger partial charge is 0.121 e. The molecular weight excluding hydrogens is 202 g/mol. The molecule has 0 radical (unpaired) electrons. The molecule has 1 N–H and O–H groups in total. The summed E-state index contributed by atoms with van der Waals surface area (Å²) in [6, 6.07) is 6.59. The molecule has 2 unspecified atom stereocenters. The van der Waals surface area contributed by atoms with Gasteiger partial charge in [-0.15, -0.1) is 0 Å². The van der Waals surface area contributed by atoms with E-state index in [1.54, 1.807) is 7.11 Å². The van der Waals surface area contributed by atoms with Crippen molar-refractivity contribution >= 4 is 0 Å². The second-order valence-corrected chi connectivity index (χ2v) is 4.33. The third-order valence-corrected chi connectivity index (χ3v) is 3.02. The molecule has 3 heteroatoms. The molecule has 1 aromatic rings. The average Bonchev–Trinajstić information content (AvgIpc) is 2.30. The Hall–Kier alpha value is -1.06. The fraction of sp³-hybridized carbons (Fsp3) is 0.538. The molecule has 1 heterocycles. The Morgan fingerprint density at radius 3 is 2.81 bits per heavy atom. The van der Waals surface area contributed by atoms with Crippen LogP contribution in [0.2, 0.25) is 0 Å². The quantitative estimate of drug-likeness (QED) is 0.829. The number of ether oxygens (including phenoxy) is 2. The molecule has 2 rings (SSSR count). The fourth-order valence-electron chi connectivity index (χ4n) is 2.02. The van der Waals surface area contributed by atoms with Crippen molar-refractivity contribution in [2.75, 3.05) is 20.3 Å². The first kappa shape index (κ1) is 11.4. The van der Waals surface area contributed by atoms with Crippen molar-refractivity contribution in [1.82, 2.24) is 5.32 Å². The van der Waals surface area contributed by atoms with Gasteiger partial charge in [-0.2, -0.15) is 0 Å². The van der Waals surface area contributed by atoms with Gasteiger partial charge in [0.1, 0.15) is 5.75 Å². The van der Waals surface area contributed by atoms with Crippen LogP contribution < -0.4 is 10.1 Å². The third-order valence-electron chi connectivity index (χ3n) is 3.02. The van der Waals surface area contributed by atoms with Crippen molar-refractivity contribution < 1.29 is 9.47 Å². The van der Waals surface area contributed by atoms with Crippen molar-refractivity contribution in [3.05, 3.63) is 29.3 Å². The van der Waals surface area contributed by atoms with Crippen molar-refractivity contribution in [2.24, 2.45) is 0 Å². The van der Waals surface area contributed by atoms with Crippen LogP contribution in [-0.2, 0) is 4.74 Å². The Balaban J connectivity index is 2.12. The number of benzene rings is 1. The van der Waals surface area contributed by atoms with Crippen LogP contribution in [0.3, 0.4) is 0 Å². The summed E-state index contributed by atoms with van der Waals surface area (Å²) in [5.41, 5.74) is 2.44. The molecule has 3 nitrogen and oxygen atoms in total.